The summed E-state index contributed by atoms with van der Waals surface area (Å²) in [6, 6.07) is 10.2. The molecule has 0 aliphatic rings. The first-order valence-corrected chi connectivity index (χ1v) is 8.30. The van der Waals surface area contributed by atoms with Crippen LogP contribution in [0.2, 0.25) is 10.0 Å². The van der Waals surface area contributed by atoms with Gasteiger partial charge in [0, 0.05) is 16.6 Å². The van der Waals surface area contributed by atoms with E-state index in [2.05, 4.69) is 5.32 Å². The van der Waals surface area contributed by atoms with Crippen LogP contribution >= 0.6 is 23.2 Å². The van der Waals surface area contributed by atoms with E-state index in [9.17, 15) is 4.79 Å². The summed E-state index contributed by atoms with van der Waals surface area (Å²) in [5.74, 6) is 1.41. The Labute approximate surface area is 156 Å². The minimum atomic E-state index is -0.699. The van der Waals surface area contributed by atoms with E-state index in [4.69, 9.17) is 37.4 Å². The largest absolute Gasteiger partial charge is 0.493 e. The molecule has 134 valence electrons. The van der Waals surface area contributed by atoms with Gasteiger partial charge >= 0.3 is 0 Å². The van der Waals surface area contributed by atoms with Crippen LogP contribution in [0.4, 0.5) is 0 Å². The molecule has 0 aliphatic carbocycles. The van der Waals surface area contributed by atoms with Gasteiger partial charge < -0.3 is 19.5 Å². The molecule has 2 aromatic carbocycles. The van der Waals surface area contributed by atoms with E-state index in [1.54, 1.807) is 51.5 Å². The Morgan fingerprint density at radius 1 is 1.04 bits per heavy atom. The van der Waals surface area contributed by atoms with Crippen LogP contribution in [0.25, 0.3) is 0 Å². The van der Waals surface area contributed by atoms with Crippen LogP contribution in [0.5, 0.6) is 17.2 Å². The summed E-state index contributed by atoms with van der Waals surface area (Å²) in [6.07, 6.45) is -0.699. The molecule has 1 atom stereocenters. The molecular formula is C18H19Cl2NO4. The molecule has 0 saturated heterocycles. The lowest BCUT2D eigenvalue weighted by molar-refractivity contribution is -0.127. The fourth-order valence-corrected chi connectivity index (χ4v) is 2.68. The maximum atomic E-state index is 12.2. The Balaban J connectivity index is 1.95. The van der Waals surface area contributed by atoms with E-state index in [0.717, 1.165) is 5.56 Å². The number of carbonyl (C=O) groups is 1. The third-order valence-corrected chi connectivity index (χ3v) is 3.87. The second-order valence-corrected chi connectivity index (χ2v) is 6.15. The zero-order valence-corrected chi connectivity index (χ0v) is 15.6. The van der Waals surface area contributed by atoms with Gasteiger partial charge in [0.2, 0.25) is 0 Å². The van der Waals surface area contributed by atoms with Gasteiger partial charge in [-0.25, -0.2) is 0 Å². The number of methoxy groups -OCH3 is 2. The maximum Gasteiger partial charge on any atom is 0.261 e. The fourth-order valence-electron chi connectivity index (χ4n) is 2.18. The number of rotatable bonds is 7. The van der Waals surface area contributed by atoms with E-state index >= 15 is 0 Å². The summed E-state index contributed by atoms with van der Waals surface area (Å²) < 4.78 is 16.0. The van der Waals surface area contributed by atoms with Crippen molar-refractivity contribution in [2.24, 2.45) is 0 Å². The fraction of sp³-hybridized carbons (Fsp3) is 0.278. The number of ether oxygens (including phenoxy) is 3. The molecule has 5 nitrogen and oxygen atoms in total. The highest BCUT2D eigenvalue weighted by Crippen LogP contribution is 2.27. The zero-order valence-electron chi connectivity index (χ0n) is 14.1. The summed E-state index contributed by atoms with van der Waals surface area (Å²) in [5, 5.41) is 3.70. The Bertz CT molecular complexity index is 732. The monoisotopic (exact) mass is 383 g/mol. The number of hydrogen-bond donors (Lipinski definition) is 1. The van der Waals surface area contributed by atoms with Gasteiger partial charge in [-0.05, 0) is 42.8 Å². The molecule has 0 fully saturated rings. The van der Waals surface area contributed by atoms with Crippen LogP contribution in [0.15, 0.2) is 36.4 Å². The van der Waals surface area contributed by atoms with E-state index in [0.29, 0.717) is 33.8 Å². The van der Waals surface area contributed by atoms with Crippen molar-refractivity contribution in [3.63, 3.8) is 0 Å². The number of carbonyl (C=O) groups excluding carboxylic acids is 1. The van der Waals surface area contributed by atoms with E-state index in [-0.39, 0.29) is 5.91 Å². The number of amides is 1. The number of nitrogens with one attached hydrogen (secondary N) is 1. The van der Waals surface area contributed by atoms with E-state index in [1.807, 2.05) is 6.07 Å². The van der Waals surface area contributed by atoms with Crippen molar-refractivity contribution in [3.8, 4) is 17.2 Å². The minimum absolute atomic E-state index is 0.258. The maximum absolute atomic E-state index is 12.2. The van der Waals surface area contributed by atoms with Crippen LogP contribution in [-0.2, 0) is 11.3 Å². The standard InChI is InChI=1S/C18H19Cl2NO4/c1-11(25-15-8-13(19)7-14(20)9-15)18(22)21-10-12-4-5-16(23-2)17(6-12)24-3/h4-9,11H,10H2,1-3H3,(H,21,22)/t11-/m0/s1. The normalized spacial score (nSPS) is 11.6. The SMILES string of the molecule is COc1ccc(CNC(=O)[C@H](C)Oc2cc(Cl)cc(Cl)c2)cc1OC. The Hall–Kier alpha value is -2.11. The summed E-state index contributed by atoms with van der Waals surface area (Å²) in [4.78, 5) is 12.2. The van der Waals surface area contributed by atoms with Gasteiger partial charge in [-0.1, -0.05) is 29.3 Å². The van der Waals surface area contributed by atoms with Gasteiger partial charge in [-0.3, -0.25) is 4.79 Å². The molecule has 0 unspecified atom stereocenters. The highest BCUT2D eigenvalue weighted by molar-refractivity contribution is 6.34. The molecule has 0 bridgehead atoms. The lowest BCUT2D eigenvalue weighted by Crippen LogP contribution is -2.35. The van der Waals surface area contributed by atoms with Crippen molar-refractivity contribution in [1.82, 2.24) is 5.32 Å². The topological polar surface area (TPSA) is 56.8 Å². The third kappa shape index (κ3) is 5.44. The molecule has 0 aliphatic heterocycles. The highest BCUT2D eigenvalue weighted by atomic mass is 35.5. The van der Waals surface area contributed by atoms with Crippen LogP contribution in [0.1, 0.15) is 12.5 Å². The summed E-state index contributed by atoms with van der Waals surface area (Å²) in [5.41, 5.74) is 0.879. The number of hydrogen-bond acceptors (Lipinski definition) is 4. The van der Waals surface area contributed by atoms with Gasteiger partial charge in [0.25, 0.3) is 5.91 Å². The summed E-state index contributed by atoms with van der Waals surface area (Å²) in [6.45, 7) is 1.99. The summed E-state index contributed by atoms with van der Waals surface area (Å²) >= 11 is 11.8. The van der Waals surface area contributed by atoms with E-state index < -0.39 is 6.10 Å². The molecule has 25 heavy (non-hydrogen) atoms. The minimum Gasteiger partial charge on any atom is -0.493 e. The Morgan fingerprint density at radius 2 is 1.68 bits per heavy atom. The molecule has 2 aromatic rings. The smallest absolute Gasteiger partial charge is 0.261 e. The first kappa shape index (κ1) is 19.2. The molecule has 1 N–H and O–H groups in total. The second-order valence-electron chi connectivity index (χ2n) is 5.27. The van der Waals surface area contributed by atoms with Crippen LogP contribution < -0.4 is 19.5 Å². The molecule has 1 amide bonds. The van der Waals surface area contributed by atoms with Crippen molar-refractivity contribution >= 4 is 29.1 Å². The molecule has 2 rings (SSSR count). The third-order valence-electron chi connectivity index (χ3n) is 3.43. The quantitative estimate of drug-likeness (QED) is 0.781. The van der Waals surface area contributed by atoms with Crippen molar-refractivity contribution in [2.45, 2.75) is 19.6 Å². The molecule has 0 aromatic heterocycles. The number of halogens is 2. The van der Waals surface area contributed by atoms with Crippen LogP contribution in [0.3, 0.4) is 0 Å². The lowest BCUT2D eigenvalue weighted by atomic mass is 10.2. The van der Waals surface area contributed by atoms with Crippen molar-refractivity contribution in [2.75, 3.05) is 14.2 Å². The van der Waals surface area contributed by atoms with E-state index in [1.165, 1.54) is 0 Å². The van der Waals surface area contributed by atoms with Gasteiger partial charge in [0.05, 0.1) is 14.2 Å². The van der Waals surface area contributed by atoms with Gasteiger partial charge in [-0.15, -0.1) is 0 Å². The molecular weight excluding hydrogens is 365 g/mol. The first-order valence-electron chi connectivity index (χ1n) is 7.54. The van der Waals surface area contributed by atoms with Crippen LogP contribution in [-0.4, -0.2) is 26.2 Å². The number of benzene rings is 2. The molecule has 0 spiro atoms. The predicted octanol–water partition coefficient (Wildman–Crippen LogP) is 4.09. The average molecular weight is 384 g/mol. The Kier molecular flexibility index (Phi) is 6.79. The van der Waals surface area contributed by atoms with Crippen molar-refractivity contribution in [3.05, 3.63) is 52.0 Å². The second kappa shape index (κ2) is 8.83. The summed E-state index contributed by atoms with van der Waals surface area (Å²) in [7, 11) is 3.13. The van der Waals surface area contributed by atoms with Crippen LogP contribution in [0, 0.1) is 0 Å². The predicted molar refractivity (Wildman–Crippen MR) is 97.9 cm³/mol. The molecule has 7 heteroatoms. The van der Waals surface area contributed by atoms with Gasteiger partial charge in [-0.2, -0.15) is 0 Å². The lowest BCUT2D eigenvalue weighted by Gasteiger charge is -2.16. The first-order chi connectivity index (χ1) is 11.9. The zero-order chi connectivity index (χ0) is 18.4. The van der Waals surface area contributed by atoms with Crippen molar-refractivity contribution in [1.29, 1.82) is 0 Å². The molecule has 0 saturated carbocycles. The average Bonchev–Trinajstić information content (AvgIpc) is 2.58. The van der Waals surface area contributed by atoms with Crippen molar-refractivity contribution < 1.29 is 19.0 Å². The molecule has 0 radical (unpaired) electrons. The highest BCUT2D eigenvalue weighted by Gasteiger charge is 2.15. The Morgan fingerprint density at radius 3 is 2.28 bits per heavy atom. The van der Waals surface area contributed by atoms with Gasteiger partial charge in [0.1, 0.15) is 5.75 Å². The molecule has 0 heterocycles. The van der Waals surface area contributed by atoms with Gasteiger partial charge in [0.15, 0.2) is 17.6 Å².